The molecular weight excluding hydrogens is 503 g/mol. The lowest BCUT2D eigenvalue weighted by atomic mass is 9.88. The third-order valence-corrected chi connectivity index (χ3v) is 7.78. The zero-order chi connectivity index (χ0) is 25.6. The Bertz CT molecular complexity index is 1040. The summed E-state index contributed by atoms with van der Waals surface area (Å²) in [5.74, 6) is -0.182. The molecule has 0 radical (unpaired) electrons. The van der Waals surface area contributed by atoms with E-state index in [1.165, 1.54) is 6.07 Å². The number of nitrogens with one attached hydrogen (secondary N) is 1. The van der Waals surface area contributed by atoms with E-state index in [9.17, 15) is 27.6 Å². The van der Waals surface area contributed by atoms with E-state index in [-0.39, 0.29) is 55.1 Å². The highest BCUT2D eigenvalue weighted by Gasteiger charge is 2.46. The Labute approximate surface area is 211 Å². The van der Waals surface area contributed by atoms with E-state index in [2.05, 4.69) is 10.1 Å². The maximum Gasteiger partial charge on any atom is 0.522 e. The molecule has 0 spiro atoms. The van der Waals surface area contributed by atoms with Gasteiger partial charge in [-0.25, -0.2) is 4.79 Å². The molecule has 2 aliphatic carbocycles. The summed E-state index contributed by atoms with van der Waals surface area (Å²) in [5, 5.41) is 3.41. The van der Waals surface area contributed by atoms with Gasteiger partial charge in [0.1, 0.15) is 5.75 Å². The van der Waals surface area contributed by atoms with E-state index in [4.69, 9.17) is 16.3 Å². The highest BCUT2D eigenvalue weighted by Crippen LogP contribution is 2.36. The molecule has 2 heterocycles. The number of carbonyl (C=O) groups excluding carboxylic acids is 3. The number of alkyl halides is 3. The summed E-state index contributed by atoms with van der Waals surface area (Å²) in [5.41, 5.74) is 0.377. The second-order valence-corrected chi connectivity index (χ2v) is 10.3. The minimum atomic E-state index is -4.65. The Balaban J connectivity index is 1.07. The van der Waals surface area contributed by atoms with Crippen molar-refractivity contribution in [3.63, 3.8) is 0 Å². The molecule has 4 aliphatic rings. The Morgan fingerprint density at radius 2 is 1.72 bits per heavy atom. The zero-order valence-corrected chi connectivity index (χ0v) is 20.2. The molecule has 0 bridgehead atoms. The van der Waals surface area contributed by atoms with Crippen molar-refractivity contribution in [3.05, 3.63) is 28.8 Å². The Morgan fingerprint density at radius 1 is 1.06 bits per heavy atom. The van der Waals surface area contributed by atoms with Crippen molar-refractivity contribution in [2.75, 3.05) is 13.1 Å². The van der Waals surface area contributed by atoms with E-state index in [1.807, 2.05) is 0 Å². The molecular formula is C24H27ClF3N3O5. The molecule has 3 fully saturated rings. The largest absolute Gasteiger partial charge is 0.522 e. The van der Waals surface area contributed by atoms with Crippen LogP contribution in [-0.2, 0) is 9.53 Å². The van der Waals surface area contributed by atoms with Crippen LogP contribution in [0.3, 0.4) is 0 Å². The highest BCUT2D eigenvalue weighted by molar-refractivity contribution is 6.31. The van der Waals surface area contributed by atoms with Crippen molar-refractivity contribution in [2.45, 2.75) is 81.6 Å². The first-order valence-corrected chi connectivity index (χ1v) is 12.6. The van der Waals surface area contributed by atoms with Crippen molar-refractivity contribution in [1.82, 2.24) is 15.1 Å². The predicted molar refractivity (Wildman–Crippen MR) is 122 cm³/mol. The van der Waals surface area contributed by atoms with Crippen LogP contribution in [0.15, 0.2) is 18.2 Å². The molecule has 1 atom stereocenters. The third-order valence-electron chi connectivity index (χ3n) is 7.54. The van der Waals surface area contributed by atoms with E-state index in [0.717, 1.165) is 0 Å². The van der Waals surface area contributed by atoms with Crippen molar-refractivity contribution in [1.29, 1.82) is 0 Å². The highest BCUT2D eigenvalue weighted by atomic mass is 35.5. The average molecular weight is 530 g/mol. The first kappa shape index (κ1) is 25.1. The van der Waals surface area contributed by atoms with Crippen molar-refractivity contribution in [3.8, 4) is 5.75 Å². The van der Waals surface area contributed by atoms with Crippen LogP contribution in [0.5, 0.6) is 5.75 Å². The predicted octanol–water partition coefficient (Wildman–Crippen LogP) is 3.91. The molecule has 1 N–H and O–H groups in total. The number of nitrogens with zero attached hydrogens (tertiary/aromatic N) is 2. The molecule has 0 unspecified atom stereocenters. The molecule has 8 nitrogen and oxygen atoms in total. The molecule has 12 heteroatoms. The Hall–Kier alpha value is -2.53. The van der Waals surface area contributed by atoms with Crippen LogP contribution in [0, 0.1) is 0 Å². The summed E-state index contributed by atoms with van der Waals surface area (Å²) in [6.45, 7) is 1.04. The topological polar surface area (TPSA) is 88.2 Å². The quantitative estimate of drug-likeness (QED) is 0.625. The molecule has 2 saturated carbocycles. The molecule has 2 aliphatic heterocycles. The van der Waals surface area contributed by atoms with Gasteiger partial charge in [0.25, 0.3) is 5.91 Å². The number of Topliss-reactive ketones (excluding diaryl/α,β-unsaturated/α-hetero) is 1. The summed E-state index contributed by atoms with van der Waals surface area (Å²) < 4.78 is 46.8. The van der Waals surface area contributed by atoms with E-state index in [1.54, 1.807) is 21.9 Å². The second kappa shape index (κ2) is 9.74. The third kappa shape index (κ3) is 5.27. The van der Waals surface area contributed by atoms with Crippen molar-refractivity contribution in [2.24, 2.45) is 0 Å². The fourth-order valence-electron chi connectivity index (χ4n) is 5.60. The molecule has 196 valence electrons. The number of rotatable bonds is 5. The Kier molecular flexibility index (Phi) is 6.80. The number of carbonyl (C=O) groups is 3. The van der Waals surface area contributed by atoms with Crippen LogP contribution in [-0.4, -0.2) is 77.3 Å². The SMILES string of the molecule is O=C1C[C@H](C(=O)N[C@H]2CC[C@H](N3CCN(C4CC(OC(F)(F)F)C4)C3=O)CC2)Oc2ccc(Cl)cc21. The lowest BCUT2D eigenvalue weighted by Gasteiger charge is -2.41. The molecule has 1 aromatic rings. The molecule has 3 amide bonds. The number of hydrogen-bond donors (Lipinski definition) is 1. The maximum absolute atomic E-state index is 12.9. The van der Waals surface area contributed by atoms with Crippen LogP contribution in [0.4, 0.5) is 18.0 Å². The average Bonchev–Trinajstić information content (AvgIpc) is 3.17. The summed E-state index contributed by atoms with van der Waals surface area (Å²) in [6.07, 6.45) is -3.32. The van der Waals surface area contributed by atoms with Gasteiger partial charge in [-0.1, -0.05) is 11.6 Å². The number of halogens is 4. The molecule has 36 heavy (non-hydrogen) atoms. The van der Waals surface area contributed by atoms with Crippen LogP contribution in [0.25, 0.3) is 0 Å². The van der Waals surface area contributed by atoms with Gasteiger partial charge in [-0.05, 0) is 56.7 Å². The zero-order valence-electron chi connectivity index (χ0n) is 19.4. The van der Waals surface area contributed by atoms with Gasteiger partial charge in [0.05, 0.1) is 18.1 Å². The fraction of sp³-hybridized carbons (Fsp3) is 0.625. The number of hydrogen-bond acceptors (Lipinski definition) is 5. The number of fused-ring (bicyclic) bond motifs is 1. The maximum atomic E-state index is 12.9. The fourth-order valence-corrected chi connectivity index (χ4v) is 5.77. The normalized spacial score (nSPS) is 30.5. The van der Waals surface area contributed by atoms with Crippen molar-refractivity contribution >= 4 is 29.3 Å². The minimum Gasteiger partial charge on any atom is -0.479 e. The lowest BCUT2D eigenvalue weighted by Crippen LogP contribution is -2.52. The summed E-state index contributed by atoms with van der Waals surface area (Å²) in [6, 6.07) is 4.33. The van der Waals surface area contributed by atoms with Gasteiger partial charge in [-0.2, -0.15) is 0 Å². The molecule has 1 saturated heterocycles. The van der Waals surface area contributed by atoms with E-state index in [0.29, 0.717) is 55.1 Å². The summed E-state index contributed by atoms with van der Waals surface area (Å²) in [4.78, 5) is 41.6. The smallest absolute Gasteiger partial charge is 0.479 e. The van der Waals surface area contributed by atoms with Gasteiger partial charge in [-0.15, -0.1) is 13.2 Å². The number of ether oxygens (including phenoxy) is 2. The number of urea groups is 1. The monoisotopic (exact) mass is 529 g/mol. The number of ketones is 1. The van der Waals surface area contributed by atoms with Crippen LogP contribution in [0.1, 0.15) is 55.3 Å². The number of benzene rings is 1. The lowest BCUT2D eigenvalue weighted by molar-refractivity contribution is -0.353. The first-order valence-electron chi connectivity index (χ1n) is 12.2. The van der Waals surface area contributed by atoms with Crippen molar-refractivity contribution < 1.29 is 37.0 Å². The van der Waals surface area contributed by atoms with Gasteiger partial charge in [0.15, 0.2) is 11.9 Å². The van der Waals surface area contributed by atoms with E-state index >= 15 is 0 Å². The van der Waals surface area contributed by atoms with Gasteiger partial charge in [-0.3, -0.25) is 14.3 Å². The van der Waals surface area contributed by atoms with Gasteiger partial charge < -0.3 is 19.9 Å². The van der Waals surface area contributed by atoms with Crippen LogP contribution < -0.4 is 10.1 Å². The Morgan fingerprint density at radius 3 is 2.39 bits per heavy atom. The molecule has 0 aromatic heterocycles. The van der Waals surface area contributed by atoms with Gasteiger partial charge in [0.2, 0.25) is 0 Å². The summed E-state index contributed by atoms with van der Waals surface area (Å²) in [7, 11) is 0. The van der Waals surface area contributed by atoms with Gasteiger partial charge >= 0.3 is 12.4 Å². The van der Waals surface area contributed by atoms with E-state index < -0.39 is 18.6 Å². The molecule has 5 rings (SSSR count). The van der Waals surface area contributed by atoms with Gasteiger partial charge in [0, 0.05) is 36.2 Å². The first-order chi connectivity index (χ1) is 17.1. The molecule has 1 aromatic carbocycles. The number of amides is 3. The van der Waals surface area contributed by atoms with Crippen LogP contribution >= 0.6 is 11.6 Å². The van der Waals surface area contributed by atoms with Crippen LogP contribution in [0.2, 0.25) is 5.02 Å². The summed E-state index contributed by atoms with van der Waals surface area (Å²) >= 11 is 5.94. The minimum absolute atomic E-state index is 0.0297. The second-order valence-electron chi connectivity index (χ2n) is 9.87. The standard InChI is InChI=1S/C24H27ClF3N3O5/c25-13-1-6-20-18(9-13)19(32)12-21(35-20)22(33)29-14-2-4-15(5-3-14)30-7-8-31(23(30)34)16-10-17(11-16)36-24(26,27)28/h1,6,9,14-17,21H,2-5,7-8,10-12H2,(H,29,33)/t14-,15-,16?,17?,21-/m1/s1.